The van der Waals surface area contributed by atoms with Crippen LogP contribution in [0.25, 0.3) is 0 Å². The van der Waals surface area contributed by atoms with Crippen molar-refractivity contribution in [2.24, 2.45) is 5.92 Å². The molecule has 4 heteroatoms. The molecule has 0 fully saturated rings. The summed E-state index contributed by atoms with van der Waals surface area (Å²) in [6, 6.07) is 4.80. The van der Waals surface area contributed by atoms with Crippen LogP contribution in [0.5, 0.6) is 0 Å². The lowest BCUT2D eigenvalue weighted by Gasteiger charge is -2.08. The van der Waals surface area contributed by atoms with E-state index in [9.17, 15) is 4.79 Å². The summed E-state index contributed by atoms with van der Waals surface area (Å²) in [5.41, 5.74) is 0.494. The Bertz CT molecular complexity index is 343. The lowest BCUT2D eigenvalue weighted by atomic mass is 10.2. The molecule has 15 heavy (non-hydrogen) atoms. The second-order valence-corrected chi connectivity index (χ2v) is 4.63. The van der Waals surface area contributed by atoms with Gasteiger partial charge in [0.15, 0.2) is 0 Å². The van der Waals surface area contributed by atoms with Crippen LogP contribution in [0.2, 0.25) is 10.0 Å². The molecule has 0 aliphatic rings. The number of benzene rings is 1. The molecule has 2 nitrogen and oxygen atoms in total. The fourth-order valence-corrected chi connectivity index (χ4v) is 1.61. The fraction of sp³-hybridized carbons (Fsp3) is 0.364. The largest absolute Gasteiger partial charge is 0.352 e. The molecule has 0 aliphatic heterocycles. The average molecular weight is 246 g/mol. The number of hydrogen-bond donors (Lipinski definition) is 1. The van der Waals surface area contributed by atoms with E-state index in [2.05, 4.69) is 5.32 Å². The van der Waals surface area contributed by atoms with Crippen molar-refractivity contribution in [2.75, 3.05) is 6.54 Å². The lowest BCUT2D eigenvalue weighted by Crippen LogP contribution is -2.27. The first kappa shape index (κ1) is 12.3. The number of carbonyl (C=O) groups excluding carboxylic acids is 1. The smallest absolute Gasteiger partial charge is 0.251 e. The Balaban J connectivity index is 2.73. The van der Waals surface area contributed by atoms with Gasteiger partial charge in [0.25, 0.3) is 5.91 Å². The SMILES string of the molecule is CC(C)CNC(=O)c1cc(Cl)cc(Cl)c1. The minimum Gasteiger partial charge on any atom is -0.352 e. The van der Waals surface area contributed by atoms with Gasteiger partial charge in [0.2, 0.25) is 0 Å². The molecule has 1 N–H and O–H groups in total. The van der Waals surface area contributed by atoms with Crippen LogP contribution in [-0.4, -0.2) is 12.5 Å². The van der Waals surface area contributed by atoms with Crippen LogP contribution >= 0.6 is 23.2 Å². The molecular formula is C11H13Cl2NO. The molecule has 1 aromatic carbocycles. The van der Waals surface area contributed by atoms with Gasteiger partial charge in [-0.15, -0.1) is 0 Å². The van der Waals surface area contributed by atoms with Crippen LogP contribution in [0.15, 0.2) is 18.2 Å². The van der Waals surface area contributed by atoms with Gasteiger partial charge in [-0.25, -0.2) is 0 Å². The Kier molecular flexibility index (Phi) is 4.43. The Morgan fingerprint density at radius 1 is 1.27 bits per heavy atom. The summed E-state index contributed by atoms with van der Waals surface area (Å²) >= 11 is 11.6. The summed E-state index contributed by atoms with van der Waals surface area (Å²) in [6.45, 7) is 4.71. The van der Waals surface area contributed by atoms with Gasteiger partial charge in [-0.2, -0.15) is 0 Å². The van der Waals surface area contributed by atoms with Crippen LogP contribution in [0, 0.1) is 5.92 Å². The maximum absolute atomic E-state index is 11.6. The highest BCUT2D eigenvalue weighted by Gasteiger charge is 2.07. The Morgan fingerprint density at radius 2 is 1.80 bits per heavy atom. The van der Waals surface area contributed by atoms with E-state index >= 15 is 0 Å². The highest BCUT2D eigenvalue weighted by molar-refractivity contribution is 6.35. The third-order valence-corrected chi connectivity index (χ3v) is 2.23. The molecule has 0 bridgehead atoms. The number of nitrogens with one attached hydrogen (secondary N) is 1. The molecule has 0 aliphatic carbocycles. The third-order valence-electron chi connectivity index (χ3n) is 1.80. The zero-order chi connectivity index (χ0) is 11.4. The topological polar surface area (TPSA) is 29.1 Å². The van der Waals surface area contributed by atoms with E-state index in [1.54, 1.807) is 18.2 Å². The van der Waals surface area contributed by atoms with Crippen LogP contribution in [0.1, 0.15) is 24.2 Å². The van der Waals surface area contributed by atoms with Crippen molar-refractivity contribution in [3.63, 3.8) is 0 Å². The van der Waals surface area contributed by atoms with E-state index in [1.165, 1.54) is 0 Å². The summed E-state index contributed by atoms with van der Waals surface area (Å²) in [6.07, 6.45) is 0. The first-order valence-electron chi connectivity index (χ1n) is 4.73. The van der Waals surface area contributed by atoms with Gasteiger partial charge >= 0.3 is 0 Å². The molecular weight excluding hydrogens is 233 g/mol. The van der Waals surface area contributed by atoms with Crippen LogP contribution in [0.4, 0.5) is 0 Å². The molecule has 0 saturated carbocycles. The molecule has 0 heterocycles. The van der Waals surface area contributed by atoms with Gasteiger partial charge in [0, 0.05) is 22.2 Å². The van der Waals surface area contributed by atoms with E-state index in [1.807, 2.05) is 13.8 Å². The second kappa shape index (κ2) is 5.38. The number of rotatable bonds is 3. The van der Waals surface area contributed by atoms with Crippen LogP contribution in [0.3, 0.4) is 0 Å². The van der Waals surface area contributed by atoms with E-state index in [0.29, 0.717) is 28.1 Å². The minimum absolute atomic E-state index is 0.145. The van der Waals surface area contributed by atoms with Crippen molar-refractivity contribution in [1.82, 2.24) is 5.32 Å². The maximum atomic E-state index is 11.6. The van der Waals surface area contributed by atoms with Gasteiger partial charge in [0.05, 0.1) is 0 Å². The molecule has 0 spiro atoms. The highest BCUT2D eigenvalue weighted by atomic mass is 35.5. The molecule has 0 aromatic heterocycles. The highest BCUT2D eigenvalue weighted by Crippen LogP contribution is 2.18. The quantitative estimate of drug-likeness (QED) is 0.870. The van der Waals surface area contributed by atoms with Crippen LogP contribution < -0.4 is 5.32 Å². The summed E-state index contributed by atoms with van der Waals surface area (Å²) in [5.74, 6) is 0.275. The normalized spacial score (nSPS) is 10.5. The lowest BCUT2D eigenvalue weighted by molar-refractivity contribution is 0.0949. The zero-order valence-corrected chi connectivity index (χ0v) is 10.2. The number of halogens is 2. The van der Waals surface area contributed by atoms with E-state index < -0.39 is 0 Å². The van der Waals surface area contributed by atoms with Gasteiger partial charge < -0.3 is 5.32 Å². The van der Waals surface area contributed by atoms with E-state index in [-0.39, 0.29) is 5.91 Å². The van der Waals surface area contributed by atoms with Crippen molar-refractivity contribution in [3.05, 3.63) is 33.8 Å². The summed E-state index contributed by atoms with van der Waals surface area (Å²) < 4.78 is 0. The van der Waals surface area contributed by atoms with Gasteiger partial charge in [-0.3, -0.25) is 4.79 Å². The third kappa shape index (κ3) is 4.10. The molecule has 0 unspecified atom stereocenters. The molecule has 0 saturated heterocycles. The van der Waals surface area contributed by atoms with E-state index in [4.69, 9.17) is 23.2 Å². The Hall–Kier alpha value is -0.730. The summed E-state index contributed by atoms with van der Waals surface area (Å²) in [5, 5.41) is 3.74. The molecule has 0 radical (unpaired) electrons. The molecule has 1 aromatic rings. The van der Waals surface area contributed by atoms with Crippen molar-refractivity contribution in [1.29, 1.82) is 0 Å². The van der Waals surface area contributed by atoms with Gasteiger partial charge in [-0.1, -0.05) is 37.0 Å². The first-order chi connectivity index (χ1) is 6.99. The predicted octanol–water partition coefficient (Wildman–Crippen LogP) is 3.38. The van der Waals surface area contributed by atoms with Crippen molar-refractivity contribution < 1.29 is 4.79 Å². The van der Waals surface area contributed by atoms with Crippen molar-refractivity contribution in [3.8, 4) is 0 Å². The Labute approximate surface area is 99.6 Å². The zero-order valence-electron chi connectivity index (χ0n) is 8.68. The molecule has 82 valence electrons. The fourth-order valence-electron chi connectivity index (χ4n) is 1.08. The van der Waals surface area contributed by atoms with E-state index in [0.717, 1.165) is 0 Å². The molecule has 1 rings (SSSR count). The number of carbonyl (C=O) groups is 1. The molecule has 0 atom stereocenters. The number of hydrogen-bond acceptors (Lipinski definition) is 1. The summed E-state index contributed by atoms with van der Waals surface area (Å²) in [7, 11) is 0. The summed E-state index contributed by atoms with van der Waals surface area (Å²) in [4.78, 5) is 11.6. The number of amides is 1. The van der Waals surface area contributed by atoms with Crippen molar-refractivity contribution in [2.45, 2.75) is 13.8 Å². The minimum atomic E-state index is -0.145. The predicted molar refractivity (Wildman–Crippen MR) is 63.6 cm³/mol. The maximum Gasteiger partial charge on any atom is 0.251 e. The Morgan fingerprint density at radius 3 is 2.27 bits per heavy atom. The first-order valence-corrected chi connectivity index (χ1v) is 5.49. The van der Waals surface area contributed by atoms with Gasteiger partial charge in [-0.05, 0) is 24.1 Å². The molecule has 1 amide bonds. The van der Waals surface area contributed by atoms with Gasteiger partial charge in [0.1, 0.15) is 0 Å². The standard InChI is InChI=1S/C11H13Cl2NO/c1-7(2)6-14-11(15)8-3-9(12)5-10(13)4-8/h3-5,7H,6H2,1-2H3,(H,14,15). The second-order valence-electron chi connectivity index (χ2n) is 3.76. The van der Waals surface area contributed by atoms with Crippen molar-refractivity contribution >= 4 is 29.1 Å². The average Bonchev–Trinajstić information content (AvgIpc) is 2.12. The van der Waals surface area contributed by atoms with Crippen LogP contribution in [-0.2, 0) is 0 Å². The monoisotopic (exact) mass is 245 g/mol.